The predicted molar refractivity (Wildman–Crippen MR) is 46.4 cm³/mol. The zero-order chi connectivity index (χ0) is 8.15. The summed E-state index contributed by atoms with van der Waals surface area (Å²) in [6, 6.07) is -0.509. The van der Waals surface area contributed by atoms with E-state index in [0.29, 0.717) is 5.75 Å². The fourth-order valence-electron chi connectivity index (χ4n) is 0.519. The third-order valence-corrected chi connectivity index (χ3v) is 1.71. The summed E-state index contributed by atoms with van der Waals surface area (Å²) in [6.07, 6.45) is 0. The molecular weight excluding hydrogens is 213 g/mol. The Morgan fingerprint density at radius 2 is 2.40 bits per heavy atom. The van der Waals surface area contributed by atoms with E-state index in [9.17, 15) is 4.79 Å². The number of carboxylic acids is 1. The van der Waals surface area contributed by atoms with Gasteiger partial charge in [0.05, 0.1) is 0 Å². The second kappa shape index (κ2) is 5.05. The summed E-state index contributed by atoms with van der Waals surface area (Å²) < 4.78 is 0. The molecule has 0 bridgehead atoms. The molecule has 0 amide bonds. The summed E-state index contributed by atoms with van der Waals surface area (Å²) in [5.74, 6) is -0.497. The van der Waals surface area contributed by atoms with Gasteiger partial charge in [-0.2, -0.15) is 0 Å². The zero-order valence-electron chi connectivity index (χ0n) is 5.74. The molecule has 0 saturated carbocycles. The minimum atomic E-state index is -0.834. The average Bonchev–Trinajstić information content (AvgIpc) is 1.81. The molecule has 0 aromatic rings. The first-order chi connectivity index (χ1) is 4.57. The predicted octanol–water partition coefficient (Wildman–Crippen LogP) is -1.06. The summed E-state index contributed by atoms with van der Waals surface area (Å²) in [4.78, 5) is 10.6. The van der Waals surface area contributed by atoms with Crippen LogP contribution in [-0.2, 0) is 4.79 Å². The summed E-state index contributed by atoms with van der Waals surface area (Å²) in [5, 5.41) is 11.4. The maximum atomic E-state index is 10.4. The molecule has 0 aliphatic carbocycles. The van der Waals surface area contributed by atoms with Gasteiger partial charge in [-0.15, -0.1) is 0 Å². The molecule has 0 aliphatic heterocycles. The monoisotopic (exact) mass is 225 g/mol. The second-order valence-corrected chi connectivity index (χ2v) is 4.49. The van der Waals surface area contributed by atoms with Gasteiger partial charge in [0.25, 0.3) is 0 Å². The van der Waals surface area contributed by atoms with E-state index >= 15 is 0 Å². The number of thiol groups is 1. The van der Waals surface area contributed by atoms with Gasteiger partial charge < -0.3 is 0 Å². The van der Waals surface area contributed by atoms with Gasteiger partial charge in [-0.1, -0.05) is 0 Å². The molecule has 5 heteroatoms. The molecule has 60 valence electrons. The van der Waals surface area contributed by atoms with E-state index < -0.39 is 12.0 Å². The van der Waals surface area contributed by atoms with E-state index in [-0.39, 0.29) is 4.83 Å². The number of carboxylic acid groups (broad SMARTS) is 1. The van der Waals surface area contributed by atoms with E-state index in [1.165, 1.54) is 16.9 Å². The van der Waals surface area contributed by atoms with Gasteiger partial charge in [-0.3, -0.25) is 0 Å². The molecule has 3 unspecified atom stereocenters. The standard InChI is InChI=1S/C5H12AsNO2S/c1-3(6)7-4(2-10)5(8)9/h3-4,7,10H,2,6H2,1H3,(H,8,9). The van der Waals surface area contributed by atoms with Crippen molar-refractivity contribution in [3.63, 3.8) is 0 Å². The van der Waals surface area contributed by atoms with Crippen molar-refractivity contribution in [2.45, 2.75) is 17.8 Å². The SMILES string of the molecule is CC([AsH2])NC(CS)C(=O)O. The van der Waals surface area contributed by atoms with Crippen LogP contribution in [0.25, 0.3) is 0 Å². The van der Waals surface area contributed by atoms with Crippen molar-refractivity contribution >= 4 is 35.5 Å². The summed E-state index contributed by atoms with van der Waals surface area (Å²) in [5.41, 5.74) is 0. The molecule has 0 rings (SSSR count). The van der Waals surface area contributed by atoms with Crippen LogP contribution in [0.3, 0.4) is 0 Å². The number of carbonyl (C=O) groups is 1. The van der Waals surface area contributed by atoms with E-state index in [0.717, 1.165) is 0 Å². The Bertz CT molecular complexity index is 120. The van der Waals surface area contributed by atoms with Gasteiger partial charge in [0, 0.05) is 0 Å². The van der Waals surface area contributed by atoms with Crippen molar-refractivity contribution in [3.05, 3.63) is 0 Å². The van der Waals surface area contributed by atoms with Gasteiger partial charge in [-0.25, -0.2) is 0 Å². The molecule has 0 spiro atoms. The normalized spacial score (nSPS) is 16.3. The van der Waals surface area contributed by atoms with Gasteiger partial charge >= 0.3 is 74.2 Å². The quantitative estimate of drug-likeness (QED) is 0.422. The molecule has 0 radical (unpaired) electrons. The van der Waals surface area contributed by atoms with Crippen LogP contribution in [-0.4, -0.2) is 44.6 Å². The molecule has 0 saturated heterocycles. The molecular formula is C5H12AsNO2S. The average molecular weight is 225 g/mol. The number of aliphatic carboxylic acids is 1. The molecule has 0 aromatic heterocycles. The van der Waals surface area contributed by atoms with Crippen LogP contribution in [0.5, 0.6) is 0 Å². The third-order valence-electron chi connectivity index (χ3n) is 0.945. The molecule has 0 aliphatic rings. The van der Waals surface area contributed by atoms with Crippen LogP contribution in [0.15, 0.2) is 0 Å². The molecule has 0 fully saturated rings. The Morgan fingerprint density at radius 1 is 1.90 bits per heavy atom. The molecule has 3 nitrogen and oxygen atoms in total. The van der Waals surface area contributed by atoms with Gasteiger partial charge in [0.15, 0.2) is 0 Å². The van der Waals surface area contributed by atoms with Crippen LogP contribution in [0, 0.1) is 0 Å². The van der Waals surface area contributed by atoms with Crippen molar-refractivity contribution < 1.29 is 9.90 Å². The minimum absolute atomic E-state index is 0.251. The van der Waals surface area contributed by atoms with Gasteiger partial charge in [-0.05, 0) is 0 Å². The fraction of sp³-hybridized carbons (Fsp3) is 0.800. The molecule has 0 aromatic carbocycles. The van der Waals surface area contributed by atoms with Crippen LogP contribution in [0.2, 0.25) is 0 Å². The Labute approximate surface area is 74.5 Å². The van der Waals surface area contributed by atoms with Gasteiger partial charge in [0.2, 0.25) is 0 Å². The second-order valence-electron chi connectivity index (χ2n) is 2.03. The van der Waals surface area contributed by atoms with Crippen LogP contribution in [0.1, 0.15) is 6.92 Å². The molecule has 10 heavy (non-hydrogen) atoms. The Kier molecular flexibility index (Phi) is 5.22. The van der Waals surface area contributed by atoms with E-state index in [1.54, 1.807) is 0 Å². The summed E-state index contributed by atoms with van der Waals surface area (Å²) in [6.45, 7) is 1.93. The summed E-state index contributed by atoms with van der Waals surface area (Å²) >= 11 is 5.37. The molecule has 2 N–H and O–H groups in total. The van der Waals surface area contributed by atoms with Crippen molar-refractivity contribution in [3.8, 4) is 0 Å². The van der Waals surface area contributed by atoms with Crippen molar-refractivity contribution in [1.82, 2.24) is 5.32 Å². The number of nitrogens with one attached hydrogen (secondary N) is 1. The van der Waals surface area contributed by atoms with Crippen LogP contribution < -0.4 is 5.32 Å². The maximum absolute atomic E-state index is 10.4. The zero-order valence-corrected chi connectivity index (χ0v) is 9.06. The van der Waals surface area contributed by atoms with Crippen molar-refractivity contribution in [2.24, 2.45) is 0 Å². The van der Waals surface area contributed by atoms with Crippen LogP contribution >= 0.6 is 12.6 Å². The molecule has 0 heterocycles. The van der Waals surface area contributed by atoms with Crippen molar-refractivity contribution in [1.29, 1.82) is 0 Å². The van der Waals surface area contributed by atoms with Crippen molar-refractivity contribution in [2.75, 3.05) is 5.75 Å². The molecule has 3 atom stereocenters. The Hall–Kier alpha value is 0.338. The first-order valence-electron chi connectivity index (χ1n) is 2.93. The first-order valence-corrected chi connectivity index (χ1v) is 4.96. The van der Waals surface area contributed by atoms with Gasteiger partial charge in [0.1, 0.15) is 0 Å². The summed E-state index contributed by atoms with van der Waals surface area (Å²) in [7, 11) is 0. The Morgan fingerprint density at radius 3 is 2.50 bits per heavy atom. The topological polar surface area (TPSA) is 49.3 Å². The van der Waals surface area contributed by atoms with E-state index in [4.69, 9.17) is 5.11 Å². The number of rotatable bonds is 4. The number of hydrogen-bond acceptors (Lipinski definition) is 3. The Balaban J connectivity index is 3.72. The fourth-order valence-corrected chi connectivity index (χ4v) is 1.27. The van der Waals surface area contributed by atoms with Crippen LogP contribution in [0.4, 0.5) is 0 Å². The van der Waals surface area contributed by atoms with E-state index in [2.05, 4.69) is 17.9 Å². The number of hydrogen-bond donors (Lipinski definition) is 3. The first kappa shape index (κ1) is 10.3. The van der Waals surface area contributed by atoms with E-state index in [1.807, 2.05) is 6.92 Å². The third kappa shape index (κ3) is 4.20.